The quantitative estimate of drug-likeness (QED) is 0.849. The lowest BCUT2D eigenvalue weighted by Crippen LogP contribution is -2.26. The van der Waals surface area contributed by atoms with Crippen molar-refractivity contribution < 1.29 is 14.6 Å². The van der Waals surface area contributed by atoms with Crippen molar-refractivity contribution in [2.24, 2.45) is 7.05 Å². The Labute approximate surface area is 121 Å². The molecule has 6 heteroatoms. The maximum atomic E-state index is 12.4. The molecule has 0 saturated heterocycles. The summed E-state index contributed by atoms with van der Waals surface area (Å²) in [7, 11) is 2.76. The Morgan fingerprint density at radius 1 is 1.48 bits per heavy atom. The second-order valence-electron chi connectivity index (χ2n) is 5.40. The van der Waals surface area contributed by atoms with Crippen LogP contribution in [0.3, 0.4) is 0 Å². The third kappa shape index (κ3) is 1.98. The van der Waals surface area contributed by atoms with Crippen molar-refractivity contribution >= 4 is 16.9 Å². The summed E-state index contributed by atoms with van der Waals surface area (Å²) in [5.74, 6) is -0.842. The zero-order chi connectivity index (χ0) is 15.3. The number of aromatic hydroxyl groups is 1. The molecule has 0 radical (unpaired) electrons. The number of aryl methyl sites for hydroxylation is 2. The van der Waals surface area contributed by atoms with Crippen LogP contribution in [0.4, 0.5) is 0 Å². The monoisotopic (exact) mass is 288 g/mol. The minimum Gasteiger partial charge on any atom is -0.506 e. The van der Waals surface area contributed by atoms with E-state index in [0.29, 0.717) is 16.8 Å². The Morgan fingerprint density at radius 3 is 2.71 bits per heavy atom. The molecule has 2 heterocycles. The summed E-state index contributed by atoms with van der Waals surface area (Å²) < 4.78 is 5.97. The van der Waals surface area contributed by atoms with Gasteiger partial charge < -0.3 is 14.4 Å². The van der Waals surface area contributed by atoms with Crippen LogP contribution in [0.1, 0.15) is 40.5 Å². The third-order valence-corrected chi connectivity index (χ3v) is 3.85. The molecule has 1 aliphatic carbocycles. The van der Waals surface area contributed by atoms with Crippen molar-refractivity contribution in [2.75, 3.05) is 7.11 Å². The van der Waals surface area contributed by atoms with Gasteiger partial charge in [0.1, 0.15) is 5.75 Å². The van der Waals surface area contributed by atoms with Gasteiger partial charge in [0, 0.05) is 24.0 Å². The van der Waals surface area contributed by atoms with E-state index in [1.54, 1.807) is 13.1 Å². The van der Waals surface area contributed by atoms with Crippen molar-refractivity contribution in [3.63, 3.8) is 0 Å². The number of methoxy groups -OCH3 is 1. The highest BCUT2D eigenvalue weighted by Crippen LogP contribution is 2.43. The Morgan fingerprint density at radius 2 is 2.14 bits per heavy atom. The first-order valence-electron chi connectivity index (χ1n) is 6.77. The number of pyridine rings is 2. The van der Waals surface area contributed by atoms with Crippen LogP contribution in [0, 0.1) is 6.92 Å². The molecule has 1 N–H and O–H groups in total. The van der Waals surface area contributed by atoms with Crippen LogP contribution < -0.4 is 5.56 Å². The molecule has 2 aromatic rings. The summed E-state index contributed by atoms with van der Waals surface area (Å²) in [4.78, 5) is 28.6. The molecule has 0 atom stereocenters. The van der Waals surface area contributed by atoms with Crippen molar-refractivity contribution in [3.05, 3.63) is 33.4 Å². The number of fused-ring (bicyclic) bond motifs is 1. The summed E-state index contributed by atoms with van der Waals surface area (Å²) in [6.07, 6.45) is 2.05. The van der Waals surface area contributed by atoms with Crippen LogP contribution in [-0.2, 0) is 11.8 Å². The fourth-order valence-corrected chi connectivity index (χ4v) is 2.66. The fourth-order valence-electron chi connectivity index (χ4n) is 2.66. The van der Waals surface area contributed by atoms with E-state index in [2.05, 4.69) is 9.72 Å². The second kappa shape index (κ2) is 4.58. The fraction of sp³-hybridized carbons (Fsp3) is 0.400. The molecule has 0 aliphatic heterocycles. The molecule has 6 nitrogen and oxygen atoms in total. The Balaban J connectivity index is 2.47. The number of rotatable bonds is 2. The molecular formula is C15H16N2O4. The van der Waals surface area contributed by atoms with Crippen molar-refractivity contribution in [2.45, 2.75) is 25.7 Å². The van der Waals surface area contributed by atoms with E-state index < -0.39 is 11.5 Å². The van der Waals surface area contributed by atoms with Crippen LogP contribution in [0.5, 0.6) is 5.75 Å². The lowest BCUT2D eigenvalue weighted by molar-refractivity contribution is 0.0595. The second-order valence-corrected chi connectivity index (χ2v) is 5.40. The Bertz CT molecular complexity index is 819. The molecule has 0 spiro atoms. The van der Waals surface area contributed by atoms with E-state index >= 15 is 0 Å². The Kier molecular flexibility index (Phi) is 2.97. The van der Waals surface area contributed by atoms with Crippen molar-refractivity contribution in [3.8, 4) is 5.75 Å². The van der Waals surface area contributed by atoms with Gasteiger partial charge in [0.05, 0.1) is 18.3 Å². The minimum absolute atomic E-state index is 0.321. The smallest absolute Gasteiger partial charge is 0.347 e. The predicted octanol–water partition coefficient (Wildman–Crippen LogP) is 1.61. The number of carbonyl (C=O) groups excluding carboxylic acids is 1. The molecule has 0 bridgehead atoms. The van der Waals surface area contributed by atoms with Crippen LogP contribution in [0.15, 0.2) is 10.9 Å². The standard InChI is InChI=1S/C15H16N2O4/c1-7-6-9-12(11(16-7)8-4-5-8)17(2)14(19)10(13(9)18)15(20)21-3/h6,8,18H,4-5H2,1-3H3. The van der Waals surface area contributed by atoms with Crippen LogP contribution in [0.25, 0.3) is 10.9 Å². The number of ether oxygens (including phenoxy) is 1. The lowest BCUT2D eigenvalue weighted by atomic mass is 10.1. The van der Waals surface area contributed by atoms with E-state index in [9.17, 15) is 14.7 Å². The third-order valence-electron chi connectivity index (χ3n) is 3.85. The molecule has 1 saturated carbocycles. The molecule has 0 unspecified atom stereocenters. The zero-order valence-electron chi connectivity index (χ0n) is 12.1. The van der Waals surface area contributed by atoms with Gasteiger partial charge in [-0.05, 0) is 25.8 Å². The average molecular weight is 288 g/mol. The van der Waals surface area contributed by atoms with Gasteiger partial charge >= 0.3 is 5.97 Å². The molecule has 21 heavy (non-hydrogen) atoms. The summed E-state index contributed by atoms with van der Waals surface area (Å²) in [5, 5.41) is 10.8. The SMILES string of the molecule is COC(=O)c1c(O)c2cc(C)nc(C3CC3)c2n(C)c1=O. The average Bonchev–Trinajstić information content (AvgIpc) is 3.28. The molecule has 0 amide bonds. The first-order valence-corrected chi connectivity index (χ1v) is 6.77. The number of carbonyl (C=O) groups is 1. The summed E-state index contributed by atoms with van der Waals surface area (Å²) in [6, 6.07) is 1.68. The number of hydrogen-bond donors (Lipinski definition) is 1. The highest BCUT2D eigenvalue weighted by molar-refractivity contribution is 6.00. The molecular weight excluding hydrogens is 272 g/mol. The molecule has 2 aromatic heterocycles. The predicted molar refractivity (Wildman–Crippen MR) is 76.7 cm³/mol. The minimum atomic E-state index is -0.836. The summed E-state index contributed by atoms with van der Waals surface area (Å²) >= 11 is 0. The summed E-state index contributed by atoms with van der Waals surface area (Å²) in [6.45, 7) is 1.83. The topological polar surface area (TPSA) is 81.4 Å². The highest BCUT2D eigenvalue weighted by atomic mass is 16.5. The van der Waals surface area contributed by atoms with E-state index in [1.807, 2.05) is 6.92 Å². The number of hydrogen-bond acceptors (Lipinski definition) is 5. The van der Waals surface area contributed by atoms with Gasteiger partial charge in [-0.15, -0.1) is 0 Å². The van der Waals surface area contributed by atoms with Gasteiger partial charge in [0.25, 0.3) is 5.56 Å². The van der Waals surface area contributed by atoms with Gasteiger partial charge in [-0.1, -0.05) is 0 Å². The molecule has 110 valence electrons. The van der Waals surface area contributed by atoms with E-state index in [-0.39, 0.29) is 11.3 Å². The van der Waals surface area contributed by atoms with E-state index in [1.165, 1.54) is 11.7 Å². The van der Waals surface area contributed by atoms with Gasteiger partial charge in [-0.2, -0.15) is 0 Å². The van der Waals surface area contributed by atoms with E-state index in [0.717, 1.165) is 24.2 Å². The van der Waals surface area contributed by atoms with Crippen LogP contribution in [-0.4, -0.2) is 27.7 Å². The molecule has 1 aliphatic rings. The molecule has 3 rings (SSSR count). The number of esters is 1. The molecule has 0 aromatic carbocycles. The zero-order valence-corrected chi connectivity index (χ0v) is 12.1. The van der Waals surface area contributed by atoms with Crippen molar-refractivity contribution in [1.29, 1.82) is 0 Å². The van der Waals surface area contributed by atoms with Gasteiger partial charge in [0.2, 0.25) is 0 Å². The van der Waals surface area contributed by atoms with Crippen LogP contribution >= 0.6 is 0 Å². The van der Waals surface area contributed by atoms with Gasteiger partial charge in [-0.3, -0.25) is 9.78 Å². The van der Waals surface area contributed by atoms with Crippen LogP contribution in [0.2, 0.25) is 0 Å². The normalized spacial score (nSPS) is 14.4. The Hall–Kier alpha value is -2.37. The summed E-state index contributed by atoms with van der Waals surface area (Å²) in [5.41, 5.74) is 1.25. The lowest BCUT2D eigenvalue weighted by Gasteiger charge is -2.14. The first-order chi connectivity index (χ1) is 9.95. The van der Waals surface area contributed by atoms with Gasteiger partial charge in [-0.25, -0.2) is 4.79 Å². The maximum Gasteiger partial charge on any atom is 0.347 e. The van der Waals surface area contributed by atoms with E-state index in [4.69, 9.17) is 0 Å². The number of nitrogens with zero attached hydrogens (tertiary/aromatic N) is 2. The molecule has 1 fully saturated rings. The highest BCUT2D eigenvalue weighted by Gasteiger charge is 2.31. The first kappa shape index (κ1) is 13.6. The maximum absolute atomic E-state index is 12.4. The largest absolute Gasteiger partial charge is 0.506 e. The van der Waals surface area contributed by atoms with Gasteiger partial charge in [0.15, 0.2) is 5.56 Å². The van der Waals surface area contributed by atoms with Crippen molar-refractivity contribution in [1.82, 2.24) is 9.55 Å². The number of aromatic nitrogens is 2.